The number of halogens is 2. The van der Waals surface area contributed by atoms with E-state index in [-0.39, 0.29) is 28.9 Å². The molecule has 3 nitrogen and oxygen atoms in total. The van der Waals surface area contributed by atoms with Crippen molar-refractivity contribution in [3.05, 3.63) is 89.0 Å². The fourth-order valence-electron chi connectivity index (χ4n) is 2.83. The zero-order valence-electron chi connectivity index (χ0n) is 13.4. The first kappa shape index (κ1) is 16.8. The average molecular weight is 342 g/mol. The van der Waals surface area contributed by atoms with Gasteiger partial charge in [-0.25, -0.2) is 8.78 Å². The van der Waals surface area contributed by atoms with E-state index in [1.165, 1.54) is 43.5 Å². The van der Waals surface area contributed by atoms with E-state index < -0.39 is 5.92 Å². The SMILES string of the molecule is COc1cc(O)c(C(c2ccc(F)cc2)c2ccc(F)cc2)cc1O. The molecule has 3 aromatic rings. The monoisotopic (exact) mass is 342 g/mol. The van der Waals surface area contributed by atoms with Crippen molar-refractivity contribution in [3.8, 4) is 17.2 Å². The van der Waals surface area contributed by atoms with E-state index in [1.807, 2.05) is 0 Å². The fraction of sp³-hybridized carbons (Fsp3) is 0.100. The van der Waals surface area contributed by atoms with E-state index in [9.17, 15) is 19.0 Å². The van der Waals surface area contributed by atoms with Crippen molar-refractivity contribution < 1.29 is 23.7 Å². The highest BCUT2D eigenvalue weighted by molar-refractivity contribution is 5.55. The number of phenolic OH excluding ortho intramolecular Hbond substituents is 2. The molecule has 5 heteroatoms. The summed E-state index contributed by atoms with van der Waals surface area (Å²) in [5, 5.41) is 20.5. The van der Waals surface area contributed by atoms with Crippen molar-refractivity contribution in [2.75, 3.05) is 7.11 Å². The summed E-state index contributed by atoms with van der Waals surface area (Å²) in [6, 6.07) is 14.3. The molecule has 0 aliphatic heterocycles. The molecule has 0 unspecified atom stereocenters. The number of aromatic hydroxyl groups is 2. The number of hydrogen-bond acceptors (Lipinski definition) is 3. The molecule has 0 radical (unpaired) electrons. The molecule has 0 aliphatic carbocycles. The summed E-state index contributed by atoms with van der Waals surface area (Å²) in [5.74, 6) is -1.37. The number of hydrogen-bond donors (Lipinski definition) is 2. The minimum absolute atomic E-state index is 0.0895. The Kier molecular flexibility index (Phi) is 4.57. The second-order valence-corrected chi connectivity index (χ2v) is 5.62. The second-order valence-electron chi connectivity index (χ2n) is 5.62. The Morgan fingerprint density at radius 1 is 0.760 bits per heavy atom. The standard InChI is InChI=1S/C20H16F2O3/c1-25-19-11-17(23)16(10-18(19)24)20(12-2-6-14(21)7-3-12)13-4-8-15(22)9-5-13/h2-11,20,23-24H,1H3. The van der Waals surface area contributed by atoms with Gasteiger partial charge >= 0.3 is 0 Å². The first-order chi connectivity index (χ1) is 12.0. The smallest absolute Gasteiger partial charge is 0.164 e. The molecule has 0 heterocycles. The molecular formula is C20H16F2O3. The van der Waals surface area contributed by atoms with Crippen LogP contribution in [0.15, 0.2) is 60.7 Å². The van der Waals surface area contributed by atoms with E-state index in [1.54, 1.807) is 24.3 Å². The van der Waals surface area contributed by atoms with Crippen LogP contribution in [0, 0.1) is 11.6 Å². The number of phenols is 2. The molecular weight excluding hydrogens is 326 g/mol. The van der Waals surface area contributed by atoms with E-state index in [4.69, 9.17) is 4.74 Å². The summed E-state index contributed by atoms with van der Waals surface area (Å²) >= 11 is 0. The van der Waals surface area contributed by atoms with Gasteiger partial charge in [-0.2, -0.15) is 0 Å². The molecule has 0 aromatic heterocycles. The molecule has 25 heavy (non-hydrogen) atoms. The van der Waals surface area contributed by atoms with Gasteiger partial charge in [-0.05, 0) is 41.5 Å². The summed E-state index contributed by atoms with van der Waals surface area (Å²) < 4.78 is 31.6. The third-order valence-corrected chi connectivity index (χ3v) is 4.05. The van der Waals surface area contributed by atoms with Gasteiger partial charge in [-0.1, -0.05) is 24.3 Å². The van der Waals surface area contributed by atoms with Crippen LogP contribution >= 0.6 is 0 Å². The minimum Gasteiger partial charge on any atom is -0.507 e. The lowest BCUT2D eigenvalue weighted by atomic mass is 9.84. The van der Waals surface area contributed by atoms with Gasteiger partial charge in [0.25, 0.3) is 0 Å². The Morgan fingerprint density at radius 2 is 1.24 bits per heavy atom. The van der Waals surface area contributed by atoms with Crippen LogP contribution in [0.3, 0.4) is 0 Å². The lowest BCUT2D eigenvalue weighted by molar-refractivity contribution is 0.367. The van der Waals surface area contributed by atoms with Crippen molar-refractivity contribution in [2.45, 2.75) is 5.92 Å². The molecule has 0 saturated heterocycles. The van der Waals surface area contributed by atoms with E-state index in [2.05, 4.69) is 0 Å². The zero-order chi connectivity index (χ0) is 18.0. The van der Waals surface area contributed by atoms with Crippen molar-refractivity contribution in [1.82, 2.24) is 0 Å². The van der Waals surface area contributed by atoms with Crippen molar-refractivity contribution >= 4 is 0 Å². The van der Waals surface area contributed by atoms with Crippen LogP contribution in [-0.4, -0.2) is 17.3 Å². The van der Waals surface area contributed by atoms with Crippen molar-refractivity contribution in [2.24, 2.45) is 0 Å². The van der Waals surface area contributed by atoms with Crippen LogP contribution in [0.5, 0.6) is 17.2 Å². The van der Waals surface area contributed by atoms with Gasteiger partial charge in [0.05, 0.1) is 7.11 Å². The molecule has 3 aromatic carbocycles. The quantitative estimate of drug-likeness (QED) is 0.540. The zero-order valence-corrected chi connectivity index (χ0v) is 13.4. The maximum Gasteiger partial charge on any atom is 0.164 e. The summed E-state index contributed by atoms with van der Waals surface area (Å²) in [6.45, 7) is 0. The van der Waals surface area contributed by atoms with Crippen LogP contribution in [0.25, 0.3) is 0 Å². The van der Waals surface area contributed by atoms with Crippen LogP contribution in [-0.2, 0) is 0 Å². The summed E-state index contributed by atoms with van der Waals surface area (Å²) in [5.41, 5.74) is 1.78. The van der Waals surface area contributed by atoms with Gasteiger partial charge in [0, 0.05) is 17.5 Å². The van der Waals surface area contributed by atoms with Gasteiger partial charge in [-0.3, -0.25) is 0 Å². The molecule has 0 spiro atoms. The molecule has 0 fully saturated rings. The first-order valence-electron chi connectivity index (χ1n) is 7.60. The van der Waals surface area contributed by atoms with E-state index >= 15 is 0 Å². The normalized spacial score (nSPS) is 10.9. The summed E-state index contributed by atoms with van der Waals surface area (Å²) in [7, 11) is 1.38. The van der Waals surface area contributed by atoms with Gasteiger partial charge in [0.15, 0.2) is 11.5 Å². The number of rotatable bonds is 4. The van der Waals surface area contributed by atoms with Gasteiger partial charge in [0.1, 0.15) is 17.4 Å². The topological polar surface area (TPSA) is 49.7 Å². The highest BCUT2D eigenvalue weighted by Crippen LogP contribution is 2.42. The third kappa shape index (κ3) is 3.40. The first-order valence-corrected chi connectivity index (χ1v) is 7.60. The molecule has 0 bridgehead atoms. The molecule has 0 atom stereocenters. The van der Waals surface area contributed by atoms with Crippen LogP contribution in [0.1, 0.15) is 22.6 Å². The molecule has 128 valence electrons. The van der Waals surface area contributed by atoms with Crippen molar-refractivity contribution in [3.63, 3.8) is 0 Å². The van der Waals surface area contributed by atoms with Crippen LogP contribution in [0.2, 0.25) is 0 Å². The fourth-order valence-corrected chi connectivity index (χ4v) is 2.83. The van der Waals surface area contributed by atoms with Crippen molar-refractivity contribution in [1.29, 1.82) is 0 Å². The Labute approximate surface area is 143 Å². The lowest BCUT2D eigenvalue weighted by Crippen LogP contribution is -2.04. The molecule has 0 aliphatic rings. The van der Waals surface area contributed by atoms with Gasteiger partial charge < -0.3 is 14.9 Å². The number of ether oxygens (including phenoxy) is 1. The highest BCUT2D eigenvalue weighted by atomic mass is 19.1. The van der Waals surface area contributed by atoms with Gasteiger partial charge in [0.2, 0.25) is 0 Å². The Balaban J connectivity index is 2.19. The van der Waals surface area contributed by atoms with Gasteiger partial charge in [-0.15, -0.1) is 0 Å². The largest absolute Gasteiger partial charge is 0.507 e. The Bertz CT molecular complexity index is 829. The van der Waals surface area contributed by atoms with E-state index in [0.717, 1.165) is 0 Å². The van der Waals surface area contributed by atoms with Crippen LogP contribution < -0.4 is 4.74 Å². The maximum atomic E-state index is 13.3. The second kappa shape index (κ2) is 6.81. The molecule has 0 amide bonds. The molecule has 2 N–H and O–H groups in total. The van der Waals surface area contributed by atoms with Crippen LogP contribution in [0.4, 0.5) is 8.78 Å². The predicted octanol–water partition coefficient (Wildman–Crippen LogP) is 4.56. The summed E-state index contributed by atoms with van der Waals surface area (Å²) in [4.78, 5) is 0. The lowest BCUT2D eigenvalue weighted by Gasteiger charge is -2.21. The highest BCUT2D eigenvalue weighted by Gasteiger charge is 2.22. The average Bonchev–Trinajstić information content (AvgIpc) is 2.61. The molecule has 0 saturated carbocycles. The molecule has 3 rings (SSSR count). The Hall–Kier alpha value is -3.08. The predicted molar refractivity (Wildman–Crippen MR) is 90.1 cm³/mol. The minimum atomic E-state index is -0.516. The maximum absolute atomic E-state index is 13.3. The number of benzene rings is 3. The van der Waals surface area contributed by atoms with E-state index in [0.29, 0.717) is 16.7 Å². The third-order valence-electron chi connectivity index (χ3n) is 4.05. The Morgan fingerprint density at radius 3 is 1.68 bits per heavy atom. The summed E-state index contributed by atoms with van der Waals surface area (Å²) in [6.07, 6.45) is 0. The number of methoxy groups -OCH3 is 1.